The van der Waals surface area contributed by atoms with E-state index in [0.29, 0.717) is 37.3 Å². The number of carboxylic acids is 3. The summed E-state index contributed by atoms with van der Waals surface area (Å²) < 4.78 is 0. The predicted octanol–water partition coefficient (Wildman–Crippen LogP) is 1.37. The highest BCUT2D eigenvalue weighted by atomic mass is 16.4. The number of nitrogens with two attached hydrogens (primary N) is 2. The van der Waals surface area contributed by atoms with Gasteiger partial charge in [-0.3, -0.25) is 34.9 Å². The lowest BCUT2D eigenvalue weighted by Crippen LogP contribution is -2.49. The summed E-state index contributed by atoms with van der Waals surface area (Å²) in [4.78, 5) is 43.5. The van der Waals surface area contributed by atoms with Gasteiger partial charge in [-0.1, -0.05) is 42.5 Å². The maximum absolute atomic E-state index is 12.5. The van der Waals surface area contributed by atoms with Crippen LogP contribution in [-0.4, -0.2) is 80.2 Å². The van der Waals surface area contributed by atoms with Crippen molar-refractivity contribution < 1.29 is 34.5 Å². The maximum Gasteiger partial charge on any atom is 0.300 e. The minimum absolute atomic E-state index is 0.0313. The van der Waals surface area contributed by atoms with Crippen molar-refractivity contribution in [3.63, 3.8) is 0 Å². The summed E-state index contributed by atoms with van der Waals surface area (Å²) in [6.07, 6.45) is 0. The van der Waals surface area contributed by atoms with Gasteiger partial charge in [-0.25, -0.2) is 0 Å². The molecule has 1 amide bonds. The van der Waals surface area contributed by atoms with Crippen molar-refractivity contribution in [2.75, 3.05) is 19.6 Å². The molecule has 39 heavy (non-hydrogen) atoms. The van der Waals surface area contributed by atoms with Crippen LogP contribution in [0.1, 0.15) is 43.0 Å². The Hall–Kier alpha value is -4.78. The van der Waals surface area contributed by atoms with Crippen molar-refractivity contribution in [1.29, 1.82) is 10.8 Å². The van der Waals surface area contributed by atoms with E-state index in [1.54, 1.807) is 6.07 Å². The van der Waals surface area contributed by atoms with Crippen LogP contribution >= 0.6 is 0 Å². The molecule has 212 valence electrons. The molecular formula is C26H36N6O7. The number of nitrogen functional groups attached to an aromatic ring is 2. The zero-order chi connectivity index (χ0) is 30.1. The number of amides is 1. The molecule has 1 saturated heterocycles. The number of hydrogen-bond acceptors (Lipinski definition) is 7. The van der Waals surface area contributed by atoms with Gasteiger partial charge in [0.1, 0.15) is 11.7 Å². The minimum Gasteiger partial charge on any atom is -0.481 e. The van der Waals surface area contributed by atoms with Crippen LogP contribution in [0.3, 0.4) is 0 Å². The average molecular weight is 545 g/mol. The standard InChI is InChI=1S/C20H24N6O.3C2H4O2/c21-19(22)16-6-4-14(5-7-16)11-25-8-9-26(18(27)13-25)12-15-2-1-3-17(10-15)20(23)24;3*1-2(3)4/h1-7,10H,8-9,11-13H2,(H3,21,22)(H3,23,24);3*1H3,(H,3,4). The van der Waals surface area contributed by atoms with E-state index >= 15 is 0 Å². The molecule has 0 saturated carbocycles. The Bertz CT molecular complexity index is 1110. The van der Waals surface area contributed by atoms with Crippen LogP contribution in [0, 0.1) is 10.8 Å². The summed E-state index contributed by atoms with van der Waals surface area (Å²) in [6, 6.07) is 15.0. The molecule has 0 aliphatic carbocycles. The third-order valence-electron chi connectivity index (χ3n) is 4.68. The summed E-state index contributed by atoms with van der Waals surface area (Å²) in [7, 11) is 0. The molecule has 9 N–H and O–H groups in total. The summed E-state index contributed by atoms with van der Waals surface area (Å²) in [5, 5.41) is 37.2. The van der Waals surface area contributed by atoms with Gasteiger partial charge in [0.15, 0.2) is 0 Å². The average Bonchev–Trinajstić information content (AvgIpc) is 2.80. The molecule has 0 unspecified atom stereocenters. The Morgan fingerprint density at radius 1 is 0.769 bits per heavy atom. The molecule has 1 fully saturated rings. The number of nitrogens with one attached hydrogen (secondary N) is 2. The number of carbonyl (C=O) groups is 4. The van der Waals surface area contributed by atoms with Gasteiger partial charge in [-0.15, -0.1) is 0 Å². The first-order valence-electron chi connectivity index (χ1n) is 11.6. The number of hydrogen-bond donors (Lipinski definition) is 7. The topological polar surface area (TPSA) is 235 Å². The molecule has 0 radical (unpaired) electrons. The van der Waals surface area contributed by atoms with Crippen molar-refractivity contribution in [3.05, 3.63) is 70.8 Å². The second kappa shape index (κ2) is 17.6. The van der Waals surface area contributed by atoms with Gasteiger partial charge in [0.25, 0.3) is 17.9 Å². The second-order valence-electron chi connectivity index (χ2n) is 8.31. The Kier molecular flexibility index (Phi) is 15.5. The zero-order valence-electron chi connectivity index (χ0n) is 22.2. The van der Waals surface area contributed by atoms with Crippen molar-refractivity contribution in [2.45, 2.75) is 33.9 Å². The monoisotopic (exact) mass is 544 g/mol. The molecule has 1 heterocycles. The smallest absolute Gasteiger partial charge is 0.300 e. The van der Waals surface area contributed by atoms with Gasteiger partial charge in [0.2, 0.25) is 5.91 Å². The molecule has 0 aromatic heterocycles. The number of nitrogens with zero attached hydrogens (tertiary/aromatic N) is 2. The SMILES string of the molecule is CC(=O)O.CC(=O)O.CC(=O)O.N=C(N)c1ccc(CN2CCN(Cc3cccc(C(=N)N)c3)C(=O)C2)cc1. The van der Waals surface area contributed by atoms with Crippen LogP contribution in [-0.2, 0) is 32.3 Å². The fourth-order valence-corrected chi connectivity index (χ4v) is 3.16. The van der Waals surface area contributed by atoms with E-state index in [1.165, 1.54) is 0 Å². The number of amidine groups is 2. The van der Waals surface area contributed by atoms with E-state index in [4.69, 9.17) is 52.0 Å². The third-order valence-corrected chi connectivity index (χ3v) is 4.68. The molecule has 0 bridgehead atoms. The Labute approximate surface area is 226 Å². The maximum atomic E-state index is 12.5. The Morgan fingerprint density at radius 3 is 1.69 bits per heavy atom. The summed E-state index contributed by atoms with van der Waals surface area (Å²) >= 11 is 0. The molecule has 0 atom stereocenters. The fraction of sp³-hybridized carbons (Fsp3) is 0.308. The van der Waals surface area contributed by atoms with Crippen LogP contribution in [0.15, 0.2) is 48.5 Å². The summed E-state index contributed by atoms with van der Waals surface area (Å²) in [6.45, 7) is 6.31. The van der Waals surface area contributed by atoms with Crippen molar-refractivity contribution >= 4 is 35.5 Å². The minimum atomic E-state index is -0.833. The van der Waals surface area contributed by atoms with Crippen LogP contribution in [0.2, 0.25) is 0 Å². The molecule has 3 rings (SSSR count). The third kappa shape index (κ3) is 16.6. The number of piperazine rings is 1. The first-order chi connectivity index (χ1) is 18.1. The molecule has 13 heteroatoms. The molecule has 1 aliphatic rings. The van der Waals surface area contributed by atoms with Crippen LogP contribution in [0.5, 0.6) is 0 Å². The molecule has 1 aliphatic heterocycles. The Morgan fingerprint density at radius 2 is 1.26 bits per heavy atom. The van der Waals surface area contributed by atoms with Gasteiger partial charge in [0, 0.05) is 58.1 Å². The number of aliphatic carboxylic acids is 3. The first kappa shape index (κ1) is 34.2. The van der Waals surface area contributed by atoms with E-state index in [2.05, 4.69) is 4.90 Å². The van der Waals surface area contributed by atoms with E-state index < -0.39 is 17.9 Å². The van der Waals surface area contributed by atoms with Gasteiger partial charge in [0.05, 0.1) is 6.54 Å². The van der Waals surface area contributed by atoms with E-state index in [0.717, 1.165) is 38.4 Å². The van der Waals surface area contributed by atoms with Crippen molar-refractivity contribution in [3.8, 4) is 0 Å². The molecule has 2 aromatic carbocycles. The Balaban J connectivity index is 0.00000102. The quantitative estimate of drug-likeness (QED) is 0.204. The predicted molar refractivity (Wildman–Crippen MR) is 146 cm³/mol. The first-order valence-corrected chi connectivity index (χ1v) is 11.6. The van der Waals surface area contributed by atoms with E-state index in [9.17, 15) is 4.79 Å². The van der Waals surface area contributed by atoms with Gasteiger partial charge < -0.3 is 31.7 Å². The number of carboxylic acid groups (broad SMARTS) is 3. The normalized spacial score (nSPS) is 12.3. The zero-order valence-corrected chi connectivity index (χ0v) is 22.2. The largest absolute Gasteiger partial charge is 0.481 e. The second-order valence-corrected chi connectivity index (χ2v) is 8.31. The number of rotatable bonds is 6. The van der Waals surface area contributed by atoms with Gasteiger partial charge in [-0.2, -0.15) is 0 Å². The van der Waals surface area contributed by atoms with E-state index in [1.807, 2.05) is 47.4 Å². The van der Waals surface area contributed by atoms with Gasteiger partial charge >= 0.3 is 0 Å². The lowest BCUT2D eigenvalue weighted by molar-refractivity contribution is -0.137. The van der Waals surface area contributed by atoms with Crippen LogP contribution in [0.25, 0.3) is 0 Å². The lowest BCUT2D eigenvalue weighted by atomic mass is 10.1. The lowest BCUT2D eigenvalue weighted by Gasteiger charge is -2.34. The van der Waals surface area contributed by atoms with Crippen molar-refractivity contribution in [2.24, 2.45) is 11.5 Å². The fourth-order valence-electron chi connectivity index (χ4n) is 3.16. The molecular weight excluding hydrogens is 508 g/mol. The van der Waals surface area contributed by atoms with Crippen LogP contribution in [0.4, 0.5) is 0 Å². The highest BCUT2D eigenvalue weighted by Crippen LogP contribution is 2.14. The van der Waals surface area contributed by atoms with Gasteiger partial charge in [-0.05, 0) is 17.2 Å². The van der Waals surface area contributed by atoms with E-state index in [-0.39, 0.29) is 17.6 Å². The molecule has 13 nitrogen and oxygen atoms in total. The molecule has 0 spiro atoms. The van der Waals surface area contributed by atoms with Crippen LogP contribution < -0.4 is 11.5 Å². The molecule has 2 aromatic rings. The summed E-state index contributed by atoms with van der Waals surface area (Å²) in [5.74, 6) is -2.32. The highest BCUT2D eigenvalue weighted by molar-refractivity contribution is 5.95. The number of benzene rings is 2. The highest BCUT2D eigenvalue weighted by Gasteiger charge is 2.24. The number of carbonyl (C=O) groups excluding carboxylic acids is 1. The summed E-state index contributed by atoms with van der Waals surface area (Å²) in [5.41, 5.74) is 14.5. The van der Waals surface area contributed by atoms with Crippen molar-refractivity contribution in [1.82, 2.24) is 9.80 Å².